The fourth-order valence-electron chi connectivity index (χ4n) is 0.536. The van der Waals surface area contributed by atoms with Crippen LogP contribution in [0.5, 0.6) is 0 Å². The fraction of sp³-hybridized carbons (Fsp3) is 0.667. The first-order valence-electron chi connectivity index (χ1n) is 3.59. The Bertz CT molecular complexity index is 344. The van der Waals surface area contributed by atoms with Crippen LogP contribution >= 0.6 is 0 Å². The van der Waals surface area contributed by atoms with Crippen molar-refractivity contribution in [3.63, 3.8) is 0 Å². The summed E-state index contributed by atoms with van der Waals surface area (Å²) in [5, 5.41) is 23.9. The van der Waals surface area contributed by atoms with E-state index in [1.807, 2.05) is 0 Å². The van der Waals surface area contributed by atoms with Crippen molar-refractivity contribution in [2.45, 2.75) is 18.2 Å². The Hall–Kier alpha value is -1.17. The molecule has 0 bridgehead atoms. The molecule has 0 aliphatic heterocycles. The van der Waals surface area contributed by atoms with E-state index in [0.717, 1.165) is 6.92 Å². The zero-order valence-electron chi connectivity index (χ0n) is 7.34. The molecule has 1 unspecified atom stereocenters. The van der Waals surface area contributed by atoms with Crippen molar-refractivity contribution in [3.8, 4) is 6.07 Å². The number of sulfonamides is 1. The summed E-state index contributed by atoms with van der Waals surface area (Å²) < 4.78 is 23.9. The Balaban J connectivity index is 4.67. The van der Waals surface area contributed by atoms with E-state index in [4.69, 9.17) is 15.5 Å². The molecule has 0 saturated heterocycles. The molecule has 0 aliphatic rings. The lowest BCUT2D eigenvalue weighted by atomic mass is 10.3. The van der Waals surface area contributed by atoms with E-state index < -0.39 is 33.9 Å². The van der Waals surface area contributed by atoms with Crippen LogP contribution in [0.2, 0.25) is 0 Å². The average Bonchev–Trinajstić information content (AvgIpc) is 2.12. The van der Waals surface area contributed by atoms with Gasteiger partial charge in [0.2, 0.25) is 10.0 Å². The minimum atomic E-state index is -4.02. The molecule has 0 aliphatic carbocycles. The first kappa shape index (κ1) is 12.8. The molecule has 0 aromatic carbocycles. The van der Waals surface area contributed by atoms with Gasteiger partial charge in [0.05, 0.1) is 12.7 Å². The third kappa shape index (κ3) is 3.29. The number of carboxylic acid groups (broad SMARTS) is 1. The summed E-state index contributed by atoms with van der Waals surface area (Å²) in [6, 6.07) is -0.166. The normalized spacial score (nSPS) is 15.5. The lowest BCUT2D eigenvalue weighted by molar-refractivity contribution is -0.139. The van der Waals surface area contributed by atoms with E-state index in [0.29, 0.717) is 0 Å². The van der Waals surface area contributed by atoms with Crippen molar-refractivity contribution in [1.29, 1.82) is 5.26 Å². The second-order valence-corrected chi connectivity index (χ2v) is 4.54. The molecule has 0 saturated carbocycles. The Morgan fingerprint density at radius 1 is 1.64 bits per heavy atom. The minimum Gasteiger partial charge on any atom is -0.480 e. The van der Waals surface area contributed by atoms with E-state index in [-0.39, 0.29) is 0 Å². The van der Waals surface area contributed by atoms with E-state index in [1.165, 1.54) is 6.07 Å². The molecule has 0 rings (SSSR count). The van der Waals surface area contributed by atoms with E-state index in [9.17, 15) is 13.2 Å². The van der Waals surface area contributed by atoms with Gasteiger partial charge in [-0.3, -0.25) is 4.79 Å². The lowest BCUT2D eigenvalue weighted by Crippen LogP contribution is -2.46. The van der Waals surface area contributed by atoms with Crippen LogP contribution in [0, 0.1) is 11.3 Å². The zero-order chi connectivity index (χ0) is 11.4. The molecule has 0 spiro atoms. The number of nitrogens with one attached hydrogen (secondary N) is 1. The van der Waals surface area contributed by atoms with Crippen molar-refractivity contribution < 1.29 is 23.4 Å². The van der Waals surface area contributed by atoms with Crippen LogP contribution in [0.15, 0.2) is 0 Å². The van der Waals surface area contributed by atoms with Crippen LogP contribution < -0.4 is 4.72 Å². The summed E-state index contributed by atoms with van der Waals surface area (Å²) >= 11 is 0. The van der Waals surface area contributed by atoms with Gasteiger partial charge in [0.1, 0.15) is 6.04 Å². The van der Waals surface area contributed by atoms with E-state index in [2.05, 4.69) is 0 Å². The van der Waals surface area contributed by atoms with Gasteiger partial charge in [-0.15, -0.1) is 0 Å². The number of nitriles is 1. The predicted octanol–water partition coefficient (Wildman–Crippen LogP) is -1.74. The second-order valence-electron chi connectivity index (χ2n) is 2.51. The molecular weight excluding hydrogens is 212 g/mol. The van der Waals surface area contributed by atoms with Gasteiger partial charge in [0.25, 0.3) is 0 Å². The maximum absolute atomic E-state index is 11.1. The third-order valence-electron chi connectivity index (χ3n) is 1.43. The molecule has 7 nitrogen and oxygen atoms in total. The van der Waals surface area contributed by atoms with Gasteiger partial charge in [-0.2, -0.15) is 9.98 Å². The van der Waals surface area contributed by atoms with Crippen molar-refractivity contribution in [2.75, 3.05) is 6.61 Å². The highest BCUT2D eigenvalue weighted by Crippen LogP contribution is 1.98. The number of nitrogens with zero attached hydrogens (tertiary/aromatic N) is 1. The van der Waals surface area contributed by atoms with Gasteiger partial charge in [-0.25, -0.2) is 8.42 Å². The molecular formula is C6H10N2O5S. The molecule has 80 valence electrons. The summed E-state index contributed by atoms with van der Waals surface area (Å²) in [4.78, 5) is 10.3. The highest BCUT2D eigenvalue weighted by atomic mass is 32.2. The molecule has 14 heavy (non-hydrogen) atoms. The Labute approximate surface area is 81.0 Å². The topological polar surface area (TPSA) is 127 Å². The summed E-state index contributed by atoms with van der Waals surface area (Å²) in [5.74, 6) is -1.50. The number of aliphatic hydroxyl groups is 1. The zero-order valence-corrected chi connectivity index (χ0v) is 8.15. The molecule has 8 heteroatoms. The monoisotopic (exact) mass is 222 g/mol. The largest absolute Gasteiger partial charge is 0.480 e. The maximum Gasteiger partial charge on any atom is 0.324 e. The van der Waals surface area contributed by atoms with Crippen LogP contribution in [0.25, 0.3) is 0 Å². The van der Waals surface area contributed by atoms with Crippen LogP contribution in [-0.2, 0) is 14.8 Å². The highest BCUT2D eigenvalue weighted by molar-refractivity contribution is 7.90. The SMILES string of the molecule is CC(C#N)S(=O)(=O)N[C@@H](CO)C(=O)O. The predicted molar refractivity (Wildman–Crippen MR) is 45.6 cm³/mol. The number of carboxylic acids is 1. The highest BCUT2D eigenvalue weighted by Gasteiger charge is 2.27. The molecule has 0 radical (unpaired) electrons. The van der Waals surface area contributed by atoms with Gasteiger partial charge in [0.15, 0.2) is 5.25 Å². The second kappa shape index (κ2) is 4.90. The number of rotatable bonds is 5. The van der Waals surface area contributed by atoms with Crippen molar-refractivity contribution >= 4 is 16.0 Å². The summed E-state index contributed by atoms with van der Waals surface area (Å²) in [6.45, 7) is 0.241. The van der Waals surface area contributed by atoms with Crippen LogP contribution in [-0.4, -0.2) is 42.5 Å². The van der Waals surface area contributed by atoms with Gasteiger partial charge in [-0.1, -0.05) is 0 Å². The van der Waals surface area contributed by atoms with Gasteiger partial charge in [0, 0.05) is 0 Å². The van der Waals surface area contributed by atoms with Crippen molar-refractivity contribution in [2.24, 2.45) is 0 Å². The molecule has 2 atom stereocenters. The smallest absolute Gasteiger partial charge is 0.324 e. The summed E-state index contributed by atoms with van der Waals surface area (Å²) in [6.07, 6.45) is 0. The first-order chi connectivity index (χ1) is 6.35. The van der Waals surface area contributed by atoms with Gasteiger partial charge in [-0.05, 0) is 6.92 Å². The average molecular weight is 222 g/mol. The van der Waals surface area contributed by atoms with E-state index >= 15 is 0 Å². The molecule has 0 amide bonds. The van der Waals surface area contributed by atoms with Crippen LogP contribution in [0.3, 0.4) is 0 Å². The number of carbonyl (C=O) groups is 1. The molecule has 0 heterocycles. The standard InChI is InChI=1S/C6H10N2O5S/c1-4(2-7)14(12,13)8-5(3-9)6(10)11/h4-5,8-9H,3H2,1H3,(H,10,11)/t4?,5-/m0/s1. The quantitative estimate of drug-likeness (QED) is 0.506. The minimum absolute atomic E-state index is 0.868. The Morgan fingerprint density at radius 3 is 2.43 bits per heavy atom. The molecule has 0 aromatic heterocycles. The van der Waals surface area contributed by atoms with Crippen molar-refractivity contribution in [1.82, 2.24) is 4.72 Å². The fourth-order valence-corrected chi connectivity index (χ4v) is 1.45. The Kier molecular flexibility index (Phi) is 4.49. The van der Waals surface area contributed by atoms with Crippen LogP contribution in [0.1, 0.15) is 6.92 Å². The van der Waals surface area contributed by atoms with Crippen molar-refractivity contribution in [3.05, 3.63) is 0 Å². The molecule has 3 N–H and O–H groups in total. The van der Waals surface area contributed by atoms with Gasteiger partial charge >= 0.3 is 5.97 Å². The Morgan fingerprint density at radius 2 is 2.14 bits per heavy atom. The summed E-state index contributed by atoms with van der Waals surface area (Å²) in [5.41, 5.74) is 0. The maximum atomic E-state index is 11.1. The molecule has 0 aromatic rings. The summed E-state index contributed by atoms with van der Waals surface area (Å²) in [7, 11) is -4.02. The number of hydrogen-bond acceptors (Lipinski definition) is 5. The van der Waals surface area contributed by atoms with Crippen LogP contribution in [0.4, 0.5) is 0 Å². The number of aliphatic hydroxyl groups excluding tert-OH is 1. The first-order valence-corrected chi connectivity index (χ1v) is 5.14. The van der Waals surface area contributed by atoms with E-state index in [1.54, 1.807) is 4.72 Å². The number of aliphatic carboxylic acids is 1. The van der Waals surface area contributed by atoms with Gasteiger partial charge < -0.3 is 10.2 Å². The number of hydrogen-bond donors (Lipinski definition) is 3. The third-order valence-corrected chi connectivity index (χ3v) is 3.08. The molecule has 0 fully saturated rings. The lowest BCUT2D eigenvalue weighted by Gasteiger charge is -2.12.